The minimum absolute atomic E-state index is 0.165. The third kappa shape index (κ3) is 4.20. The van der Waals surface area contributed by atoms with E-state index < -0.39 is 6.09 Å². The Morgan fingerprint density at radius 3 is 2.59 bits per heavy atom. The minimum Gasteiger partial charge on any atom is -0.494 e. The number of aromatic nitrogens is 1. The zero-order valence-electron chi connectivity index (χ0n) is 20.0. The Labute approximate surface area is 200 Å². The third-order valence-electron chi connectivity index (χ3n) is 6.38. The van der Waals surface area contributed by atoms with Gasteiger partial charge in [-0.05, 0) is 69.9 Å². The number of hydrogen-bond acceptors (Lipinski definition) is 4. The van der Waals surface area contributed by atoms with Crippen molar-refractivity contribution in [3.05, 3.63) is 54.1 Å². The molecule has 0 saturated heterocycles. The standard InChI is InChI=1S/C28H31N3O3/c1-4-33-22-14-15-23-25(17-22)31(21-7-5-8-21)27(26(23)24-9-6-16-29-24)19-10-12-20(13-11-19)30-28(32)34-18(2)3/h9-18,21H,4-8H2,1-3H3,(H,30,32). The summed E-state index contributed by atoms with van der Waals surface area (Å²) in [6.07, 6.45) is 7.97. The first-order chi connectivity index (χ1) is 16.5. The van der Waals surface area contributed by atoms with Crippen LogP contribution in [-0.2, 0) is 4.74 Å². The van der Waals surface area contributed by atoms with Crippen molar-refractivity contribution < 1.29 is 14.3 Å². The molecule has 1 aliphatic carbocycles. The highest BCUT2D eigenvalue weighted by Gasteiger charge is 2.29. The number of nitrogens with one attached hydrogen (secondary N) is 1. The molecule has 1 N–H and O–H groups in total. The molecule has 0 radical (unpaired) electrons. The van der Waals surface area contributed by atoms with Crippen molar-refractivity contribution in [3.63, 3.8) is 0 Å². The summed E-state index contributed by atoms with van der Waals surface area (Å²) in [6.45, 7) is 6.32. The molecule has 2 heterocycles. The number of hydrogen-bond donors (Lipinski definition) is 1. The van der Waals surface area contributed by atoms with Gasteiger partial charge in [-0.15, -0.1) is 0 Å². The van der Waals surface area contributed by atoms with Crippen LogP contribution in [0.1, 0.15) is 58.1 Å². The number of fused-ring (bicyclic) bond motifs is 1. The molecule has 6 nitrogen and oxygen atoms in total. The van der Waals surface area contributed by atoms with Crippen LogP contribution >= 0.6 is 0 Å². The van der Waals surface area contributed by atoms with E-state index in [1.165, 1.54) is 28.6 Å². The highest BCUT2D eigenvalue weighted by molar-refractivity contribution is 6.03. The van der Waals surface area contributed by atoms with E-state index in [4.69, 9.17) is 14.5 Å². The Morgan fingerprint density at radius 1 is 1.18 bits per heavy atom. The molecule has 6 heteroatoms. The maximum atomic E-state index is 12.0. The van der Waals surface area contributed by atoms with E-state index in [1.807, 2.05) is 39.1 Å². The highest BCUT2D eigenvalue weighted by atomic mass is 16.6. The van der Waals surface area contributed by atoms with E-state index in [9.17, 15) is 4.79 Å². The van der Waals surface area contributed by atoms with E-state index in [1.54, 1.807) is 0 Å². The Morgan fingerprint density at radius 2 is 1.97 bits per heavy atom. The van der Waals surface area contributed by atoms with Crippen molar-refractivity contribution >= 4 is 34.6 Å². The van der Waals surface area contributed by atoms with Crippen LogP contribution in [0.25, 0.3) is 27.9 Å². The molecule has 2 aliphatic rings. The molecule has 0 unspecified atom stereocenters. The van der Waals surface area contributed by atoms with Gasteiger partial charge in [0.25, 0.3) is 0 Å². The lowest BCUT2D eigenvalue weighted by molar-refractivity contribution is 0.130. The number of aliphatic imine (C=N–C) groups is 1. The largest absolute Gasteiger partial charge is 0.494 e. The molecule has 2 aromatic carbocycles. The molecule has 0 bridgehead atoms. The average molecular weight is 458 g/mol. The third-order valence-corrected chi connectivity index (χ3v) is 6.38. The Bertz CT molecular complexity index is 1260. The van der Waals surface area contributed by atoms with Gasteiger partial charge in [-0.2, -0.15) is 0 Å². The number of anilines is 1. The second kappa shape index (κ2) is 9.37. The van der Waals surface area contributed by atoms with Crippen LogP contribution in [0.4, 0.5) is 10.5 Å². The van der Waals surface area contributed by atoms with E-state index in [0.717, 1.165) is 36.3 Å². The lowest BCUT2D eigenvalue weighted by Crippen LogP contribution is -2.18. The van der Waals surface area contributed by atoms with E-state index in [-0.39, 0.29) is 6.10 Å². The molecule has 5 rings (SSSR count). The van der Waals surface area contributed by atoms with E-state index in [2.05, 4.69) is 46.3 Å². The summed E-state index contributed by atoms with van der Waals surface area (Å²) >= 11 is 0. The molecule has 0 atom stereocenters. The zero-order chi connectivity index (χ0) is 23.7. The van der Waals surface area contributed by atoms with Crippen LogP contribution in [-0.4, -0.2) is 29.6 Å². The number of ether oxygens (including phenoxy) is 2. The summed E-state index contributed by atoms with van der Waals surface area (Å²) in [7, 11) is 0. The maximum Gasteiger partial charge on any atom is 0.411 e. The van der Waals surface area contributed by atoms with Gasteiger partial charge in [0.15, 0.2) is 0 Å². The van der Waals surface area contributed by atoms with Gasteiger partial charge >= 0.3 is 6.09 Å². The number of benzene rings is 2. The minimum atomic E-state index is -0.444. The fraction of sp³-hybridized carbons (Fsp3) is 0.357. The molecule has 1 aliphatic heterocycles. The van der Waals surface area contributed by atoms with Gasteiger partial charge in [-0.3, -0.25) is 10.3 Å². The Kier molecular flexibility index (Phi) is 6.14. The molecule has 0 spiro atoms. The molecule has 176 valence electrons. The quantitative estimate of drug-likeness (QED) is 0.408. The maximum absolute atomic E-state index is 12.0. The van der Waals surface area contributed by atoms with Crippen molar-refractivity contribution in [2.75, 3.05) is 11.9 Å². The first-order valence-electron chi connectivity index (χ1n) is 12.2. The molecule has 1 aromatic heterocycles. The predicted octanol–water partition coefficient (Wildman–Crippen LogP) is 7.20. The number of carbonyl (C=O) groups excluding carboxylic acids is 1. The average Bonchev–Trinajstić information content (AvgIpc) is 3.39. The normalized spacial score (nSPS) is 15.5. The summed E-state index contributed by atoms with van der Waals surface area (Å²) in [5.41, 5.74) is 6.35. The van der Waals surface area contributed by atoms with Crippen LogP contribution in [0.2, 0.25) is 0 Å². The topological polar surface area (TPSA) is 64.8 Å². The molecule has 34 heavy (non-hydrogen) atoms. The van der Waals surface area contributed by atoms with Crippen molar-refractivity contribution in [3.8, 4) is 17.0 Å². The number of rotatable bonds is 7. The van der Waals surface area contributed by atoms with E-state index in [0.29, 0.717) is 18.3 Å². The SMILES string of the molecule is CCOc1ccc2c(C3=CCC=N3)c(-c3ccc(NC(=O)OC(C)C)cc3)n(C3CCC3)c2c1. The lowest BCUT2D eigenvalue weighted by Gasteiger charge is -2.30. The van der Waals surface area contributed by atoms with Crippen molar-refractivity contribution in [1.82, 2.24) is 4.57 Å². The summed E-state index contributed by atoms with van der Waals surface area (Å²) in [5.74, 6) is 0.887. The summed E-state index contributed by atoms with van der Waals surface area (Å²) in [5, 5.41) is 4.00. The summed E-state index contributed by atoms with van der Waals surface area (Å²) < 4.78 is 13.5. The molecular weight excluding hydrogens is 426 g/mol. The van der Waals surface area contributed by atoms with Gasteiger partial charge in [0.2, 0.25) is 0 Å². The number of amides is 1. The van der Waals surface area contributed by atoms with Gasteiger partial charge in [-0.1, -0.05) is 18.2 Å². The van der Waals surface area contributed by atoms with Gasteiger partial charge in [-0.25, -0.2) is 4.79 Å². The second-order valence-corrected chi connectivity index (χ2v) is 9.08. The van der Waals surface area contributed by atoms with E-state index >= 15 is 0 Å². The summed E-state index contributed by atoms with van der Waals surface area (Å²) in [4.78, 5) is 16.7. The lowest BCUT2D eigenvalue weighted by atomic mass is 9.92. The molecule has 3 aromatic rings. The fourth-order valence-electron chi connectivity index (χ4n) is 4.72. The Hall–Kier alpha value is -3.54. The fourth-order valence-corrected chi connectivity index (χ4v) is 4.72. The molecule has 1 saturated carbocycles. The monoisotopic (exact) mass is 457 g/mol. The van der Waals surface area contributed by atoms with Crippen LogP contribution in [0.5, 0.6) is 5.75 Å². The number of allylic oxidation sites excluding steroid dienone is 1. The number of nitrogens with zero attached hydrogens (tertiary/aromatic N) is 2. The van der Waals surface area contributed by atoms with Crippen LogP contribution in [0, 0.1) is 0 Å². The summed E-state index contributed by atoms with van der Waals surface area (Å²) in [6, 6.07) is 14.8. The van der Waals surface area contributed by atoms with Crippen molar-refractivity contribution in [1.29, 1.82) is 0 Å². The van der Waals surface area contributed by atoms with Crippen LogP contribution < -0.4 is 10.1 Å². The number of carbonyl (C=O) groups is 1. The first kappa shape index (κ1) is 22.3. The zero-order valence-corrected chi connectivity index (χ0v) is 20.0. The van der Waals surface area contributed by atoms with Crippen molar-refractivity contribution in [2.24, 2.45) is 4.99 Å². The van der Waals surface area contributed by atoms with Crippen LogP contribution in [0.15, 0.2) is 53.5 Å². The predicted molar refractivity (Wildman–Crippen MR) is 138 cm³/mol. The van der Waals surface area contributed by atoms with Gasteiger partial charge in [0, 0.05) is 41.4 Å². The van der Waals surface area contributed by atoms with Crippen molar-refractivity contribution in [2.45, 2.75) is 58.6 Å². The second-order valence-electron chi connectivity index (χ2n) is 9.08. The first-order valence-corrected chi connectivity index (χ1v) is 12.2. The van der Waals surface area contributed by atoms with Gasteiger partial charge in [0.05, 0.1) is 29.6 Å². The molecule has 1 fully saturated rings. The smallest absolute Gasteiger partial charge is 0.411 e. The van der Waals surface area contributed by atoms with Crippen LogP contribution in [0.3, 0.4) is 0 Å². The van der Waals surface area contributed by atoms with Gasteiger partial charge < -0.3 is 14.0 Å². The highest BCUT2D eigenvalue weighted by Crippen LogP contribution is 2.46. The molecule has 1 amide bonds. The Balaban J connectivity index is 1.64. The van der Waals surface area contributed by atoms with Gasteiger partial charge in [0.1, 0.15) is 5.75 Å². The molecular formula is C28H31N3O3.